The van der Waals surface area contributed by atoms with Crippen LogP contribution >= 0.6 is 11.8 Å². The summed E-state index contributed by atoms with van der Waals surface area (Å²) in [4.78, 5) is 33.6. The number of anilines is 1. The Hall–Kier alpha value is -2.41. The number of esters is 1. The lowest BCUT2D eigenvalue weighted by Gasteiger charge is -2.20. The number of rotatable bonds is 9. The first-order valence-corrected chi connectivity index (χ1v) is 11.8. The summed E-state index contributed by atoms with van der Waals surface area (Å²) < 4.78 is 5.23. The van der Waals surface area contributed by atoms with Gasteiger partial charge >= 0.3 is 5.97 Å². The van der Waals surface area contributed by atoms with E-state index in [-0.39, 0.29) is 30.8 Å². The zero-order chi connectivity index (χ0) is 23.1. The van der Waals surface area contributed by atoms with E-state index in [0.29, 0.717) is 6.42 Å². The van der Waals surface area contributed by atoms with Gasteiger partial charge in [-0.15, -0.1) is 0 Å². The third kappa shape index (κ3) is 6.79. The molecule has 1 amide bonds. The molecule has 6 nitrogen and oxygen atoms in total. The van der Waals surface area contributed by atoms with Crippen LogP contribution in [-0.2, 0) is 20.7 Å². The standard InChI is InChI=1S/C24H33N3O3S/c1-14(2)18-9-8-10-19(15(3)4)23(18)27-21(28)13-30-22(29)12-11-20-16(5)25-24(31-7)26-17(20)6/h8-10,14-15H,11-13H2,1-7H3,(H,27,28). The molecular weight excluding hydrogens is 410 g/mol. The molecule has 1 N–H and O–H groups in total. The number of carbonyl (C=O) groups excluding carboxylic acids is 2. The van der Waals surface area contributed by atoms with Gasteiger partial charge in [0.15, 0.2) is 11.8 Å². The predicted molar refractivity (Wildman–Crippen MR) is 126 cm³/mol. The Labute approximate surface area is 189 Å². The van der Waals surface area contributed by atoms with Gasteiger partial charge in [-0.2, -0.15) is 0 Å². The van der Waals surface area contributed by atoms with E-state index in [9.17, 15) is 9.59 Å². The fourth-order valence-corrected chi connectivity index (χ4v) is 3.93. The average Bonchev–Trinajstić information content (AvgIpc) is 2.71. The Morgan fingerprint density at radius 3 is 2.06 bits per heavy atom. The number of para-hydroxylation sites is 1. The minimum atomic E-state index is -0.413. The Bertz CT molecular complexity index is 892. The predicted octanol–water partition coefficient (Wildman–Crippen LogP) is 5.18. The van der Waals surface area contributed by atoms with Gasteiger partial charge in [0.2, 0.25) is 0 Å². The Kier molecular flexibility index (Phi) is 9.04. The number of carbonyl (C=O) groups is 2. The van der Waals surface area contributed by atoms with Crippen LogP contribution in [0.15, 0.2) is 23.4 Å². The number of aryl methyl sites for hydroxylation is 2. The van der Waals surface area contributed by atoms with Crippen molar-refractivity contribution >= 4 is 29.3 Å². The van der Waals surface area contributed by atoms with Crippen molar-refractivity contribution in [2.45, 2.75) is 71.4 Å². The summed E-state index contributed by atoms with van der Waals surface area (Å²) in [6.45, 7) is 11.9. The van der Waals surface area contributed by atoms with E-state index >= 15 is 0 Å². The molecule has 0 saturated heterocycles. The van der Waals surface area contributed by atoms with Gasteiger partial charge < -0.3 is 10.1 Å². The molecule has 0 saturated carbocycles. The largest absolute Gasteiger partial charge is 0.456 e. The van der Waals surface area contributed by atoms with E-state index in [4.69, 9.17) is 4.74 Å². The summed E-state index contributed by atoms with van der Waals surface area (Å²) in [5.41, 5.74) is 5.66. The summed E-state index contributed by atoms with van der Waals surface area (Å²) in [5.74, 6) is -0.210. The molecule has 1 aromatic heterocycles. The number of nitrogens with zero attached hydrogens (tertiary/aromatic N) is 2. The molecule has 0 fully saturated rings. The van der Waals surface area contributed by atoms with Crippen molar-refractivity contribution in [3.63, 3.8) is 0 Å². The van der Waals surface area contributed by atoms with Crippen LogP contribution in [0.5, 0.6) is 0 Å². The van der Waals surface area contributed by atoms with E-state index < -0.39 is 5.97 Å². The molecule has 0 radical (unpaired) electrons. The Balaban J connectivity index is 1.96. The highest BCUT2D eigenvalue weighted by atomic mass is 32.2. The minimum Gasteiger partial charge on any atom is -0.456 e. The van der Waals surface area contributed by atoms with Crippen molar-refractivity contribution in [1.29, 1.82) is 0 Å². The van der Waals surface area contributed by atoms with Gasteiger partial charge in [-0.3, -0.25) is 9.59 Å². The number of amides is 1. The molecule has 1 heterocycles. The molecule has 31 heavy (non-hydrogen) atoms. The van der Waals surface area contributed by atoms with Crippen molar-refractivity contribution in [3.8, 4) is 0 Å². The molecule has 2 rings (SSSR count). The molecule has 0 aliphatic rings. The third-order valence-electron chi connectivity index (χ3n) is 5.16. The lowest BCUT2D eigenvalue weighted by atomic mass is 9.92. The molecular formula is C24H33N3O3S. The topological polar surface area (TPSA) is 81.2 Å². The smallest absolute Gasteiger partial charge is 0.306 e. The van der Waals surface area contributed by atoms with Crippen molar-refractivity contribution < 1.29 is 14.3 Å². The van der Waals surface area contributed by atoms with Crippen LogP contribution in [0.2, 0.25) is 0 Å². The highest BCUT2D eigenvalue weighted by Crippen LogP contribution is 2.32. The molecule has 0 aliphatic heterocycles. The van der Waals surface area contributed by atoms with Gasteiger partial charge in [-0.25, -0.2) is 9.97 Å². The number of ether oxygens (including phenoxy) is 1. The van der Waals surface area contributed by atoms with E-state index in [0.717, 1.165) is 38.9 Å². The number of nitrogens with one attached hydrogen (secondary N) is 1. The van der Waals surface area contributed by atoms with Crippen LogP contribution in [-0.4, -0.2) is 34.7 Å². The lowest BCUT2D eigenvalue weighted by molar-refractivity contribution is -0.147. The first kappa shape index (κ1) is 24.9. The maximum Gasteiger partial charge on any atom is 0.306 e. The lowest BCUT2D eigenvalue weighted by Crippen LogP contribution is -2.23. The second kappa shape index (κ2) is 11.3. The zero-order valence-electron chi connectivity index (χ0n) is 19.5. The SMILES string of the molecule is CSc1nc(C)c(CCC(=O)OCC(=O)Nc2c(C(C)C)cccc2C(C)C)c(C)n1. The zero-order valence-corrected chi connectivity index (χ0v) is 20.4. The van der Waals surface area contributed by atoms with Crippen LogP contribution in [0.1, 0.15) is 74.0 Å². The number of thioether (sulfide) groups is 1. The number of benzene rings is 1. The average molecular weight is 444 g/mol. The maximum absolute atomic E-state index is 12.5. The highest BCUT2D eigenvalue weighted by Gasteiger charge is 2.17. The second-order valence-corrected chi connectivity index (χ2v) is 8.96. The number of aromatic nitrogens is 2. The number of hydrogen-bond donors (Lipinski definition) is 1. The highest BCUT2D eigenvalue weighted by molar-refractivity contribution is 7.98. The molecule has 0 aliphatic carbocycles. The van der Waals surface area contributed by atoms with Crippen LogP contribution in [0.25, 0.3) is 0 Å². The summed E-state index contributed by atoms with van der Waals surface area (Å²) in [6, 6.07) is 6.06. The van der Waals surface area contributed by atoms with E-state index in [2.05, 4.69) is 43.0 Å². The molecule has 0 unspecified atom stereocenters. The molecule has 0 bridgehead atoms. The fourth-order valence-electron chi connectivity index (χ4n) is 3.48. The maximum atomic E-state index is 12.5. The quantitative estimate of drug-likeness (QED) is 0.327. The van der Waals surface area contributed by atoms with Crippen LogP contribution in [0.4, 0.5) is 5.69 Å². The van der Waals surface area contributed by atoms with Crippen LogP contribution in [0.3, 0.4) is 0 Å². The third-order valence-corrected chi connectivity index (χ3v) is 5.71. The van der Waals surface area contributed by atoms with E-state index in [1.54, 1.807) is 0 Å². The van der Waals surface area contributed by atoms with Crippen molar-refractivity contribution in [3.05, 3.63) is 46.3 Å². The summed E-state index contributed by atoms with van der Waals surface area (Å²) in [6.07, 6.45) is 2.59. The molecule has 2 aromatic rings. The normalized spacial score (nSPS) is 11.1. The first-order chi connectivity index (χ1) is 14.6. The molecule has 1 aromatic carbocycles. The summed E-state index contributed by atoms with van der Waals surface area (Å²) in [5, 5.41) is 3.69. The van der Waals surface area contributed by atoms with Crippen molar-refractivity contribution in [2.75, 3.05) is 18.2 Å². The van der Waals surface area contributed by atoms with Gasteiger partial charge in [0.05, 0.1) is 0 Å². The second-order valence-electron chi connectivity index (χ2n) is 8.19. The summed E-state index contributed by atoms with van der Waals surface area (Å²) >= 11 is 1.49. The number of hydrogen-bond acceptors (Lipinski definition) is 6. The van der Waals surface area contributed by atoms with Crippen LogP contribution < -0.4 is 5.32 Å². The van der Waals surface area contributed by atoms with Gasteiger partial charge in [-0.05, 0) is 55.1 Å². The Morgan fingerprint density at radius 2 is 1.58 bits per heavy atom. The first-order valence-electron chi connectivity index (χ1n) is 10.6. The van der Waals surface area contributed by atoms with Gasteiger partial charge in [0.25, 0.3) is 5.91 Å². The summed E-state index contributed by atoms with van der Waals surface area (Å²) in [7, 11) is 0. The fraction of sp³-hybridized carbons (Fsp3) is 0.500. The van der Waals surface area contributed by atoms with Gasteiger partial charge in [-0.1, -0.05) is 57.7 Å². The van der Waals surface area contributed by atoms with Crippen molar-refractivity contribution in [1.82, 2.24) is 9.97 Å². The molecule has 0 atom stereocenters. The molecule has 168 valence electrons. The van der Waals surface area contributed by atoms with Crippen molar-refractivity contribution in [2.24, 2.45) is 0 Å². The monoisotopic (exact) mass is 443 g/mol. The Morgan fingerprint density at radius 1 is 1.03 bits per heavy atom. The van der Waals surface area contributed by atoms with E-state index in [1.165, 1.54) is 11.8 Å². The minimum absolute atomic E-state index is 0.177. The van der Waals surface area contributed by atoms with Crippen LogP contribution in [0, 0.1) is 13.8 Å². The van der Waals surface area contributed by atoms with Gasteiger partial charge in [0, 0.05) is 23.5 Å². The van der Waals surface area contributed by atoms with E-state index in [1.807, 2.05) is 38.3 Å². The molecule has 0 spiro atoms. The molecule has 7 heteroatoms. The van der Waals surface area contributed by atoms with Gasteiger partial charge in [0.1, 0.15) is 0 Å².